The van der Waals surface area contributed by atoms with E-state index >= 15 is 0 Å². The van der Waals surface area contributed by atoms with Gasteiger partial charge in [0.15, 0.2) is 0 Å². The van der Waals surface area contributed by atoms with Crippen molar-refractivity contribution >= 4 is 51.0 Å². The van der Waals surface area contributed by atoms with Gasteiger partial charge in [0.1, 0.15) is 5.02 Å². The van der Waals surface area contributed by atoms with Crippen molar-refractivity contribution in [1.29, 1.82) is 0 Å². The molecule has 1 aliphatic rings. The highest BCUT2D eigenvalue weighted by atomic mass is 79.9. The number of hydrogen-bond donors (Lipinski definition) is 2. The molecule has 2 aromatic rings. The monoisotopic (exact) mass is 493 g/mol. The van der Waals surface area contributed by atoms with Crippen LogP contribution in [0.2, 0.25) is 5.02 Å². The number of carbonyl (C=O) groups excluding carboxylic acids is 2. The van der Waals surface area contributed by atoms with Crippen LogP contribution in [-0.2, 0) is 4.79 Å². The van der Waals surface area contributed by atoms with E-state index in [-0.39, 0.29) is 17.9 Å². The first kappa shape index (κ1) is 22.0. The molecule has 1 fully saturated rings. The van der Waals surface area contributed by atoms with E-state index in [0.29, 0.717) is 46.5 Å². The second-order valence-corrected chi connectivity index (χ2v) is 7.61. The van der Waals surface area contributed by atoms with Crippen molar-refractivity contribution in [2.24, 2.45) is 0 Å². The second kappa shape index (κ2) is 10.4. The van der Waals surface area contributed by atoms with E-state index in [1.165, 1.54) is 19.4 Å². The van der Waals surface area contributed by atoms with Gasteiger partial charge in [-0.05, 0) is 30.7 Å². The second-order valence-electron chi connectivity index (χ2n) is 6.56. The first-order valence-corrected chi connectivity index (χ1v) is 10.8. The van der Waals surface area contributed by atoms with Crippen molar-refractivity contribution in [2.75, 3.05) is 36.2 Å². The molecule has 8 nitrogen and oxygen atoms in total. The fourth-order valence-corrected chi connectivity index (χ4v) is 3.38. The number of ether oxygens (including phenoxy) is 1. The number of nitrogens with zero attached hydrogens (tertiary/aromatic N) is 3. The van der Waals surface area contributed by atoms with Gasteiger partial charge in [0.05, 0.1) is 13.3 Å². The Morgan fingerprint density at radius 2 is 2.13 bits per heavy atom. The third kappa shape index (κ3) is 5.70. The van der Waals surface area contributed by atoms with Crippen LogP contribution in [0.25, 0.3) is 0 Å². The Kier molecular flexibility index (Phi) is 7.64. The Morgan fingerprint density at radius 1 is 1.37 bits per heavy atom. The molecule has 0 aliphatic carbocycles. The number of hydrogen-bond acceptors (Lipinski definition) is 6. The molecule has 1 saturated heterocycles. The van der Waals surface area contributed by atoms with Crippen LogP contribution >= 0.6 is 27.5 Å². The summed E-state index contributed by atoms with van der Waals surface area (Å²) < 4.78 is 5.10. The molecule has 1 atom stereocenters. The smallest absolute Gasteiger partial charge is 0.253 e. The fourth-order valence-electron chi connectivity index (χ4n) is 3.02. The standard InChI is InChI=1S/C20H21BrClN5O3/c1-30-18-16(22)11-23-20(26-18)25-15-8-10-27(12-15)19(29)13-4-6-14(7-5-13)24-17(28)3-2-9-21/h2-7,11,15H,8-10,12H2,1H3,(H,24,28)(H,23,25,26)/b3-2+. The number of benzene rings is 1. The van der Waals surface area contributed by atoms with Crippen LogP contribution in [0, 0.1) is 0 Å². The average molecular weight is 495 g/mol. The van der Waals surface area contributed by atoms with Crippen molar-refractivity contribution in [3.63, 3.8) is 0 Å². The van der Waals surface area contributed by atoms with E-state index in [1.54, 1.807) is 35.2 Å². The van der Waals surface area contributed by atoms with Gasteiger partial charge in [-0.15, -0.1) is 0 Å². The van der Waals surface area contributed by atoms with Crippen LogP contribution in [0.15, 0.2) is 42.6 Å². The Labute approximate surface area is 187 Å². The number of aromatic nitrogens is 2. The lowest BCUT2D eigenvalue weighted by Crippen LogP contribution is -2.31. The SMILES string of the molecule is COc1nc(NC2CCN(C(=O)c3ccc(NC(=O)/C=C/CBr)cc3)C2)ncc1Cl. The maximum atomic E-state index is 12.8. The third-order valence-corrected chi connectivity index (χ3v) is 5.10. The number of halogens is 2. The summed E-state index contributed by atoms with van der Waals surface area (Å²) in [6.07, 6.45) is 5.40. The van der Waals surface area contributed by atoms with E-state index in [0.717, 1.165) is 6.42 Å². The van der Waals surface area contributed by atoms with Crippen LogP contribution in [0.3, 0.4) is 0 Å². The highest BCUT2D eigenvalue weighted by Crippen LogP contribution is 2.23. The first-order chi connectivity index (χ1) is 14.5. The summed E-state index contributed by atoms with van der Waals surface area (Å²) in [5.74, 6) is 0.425. The number of rotatable bonds is 7. The van der Waals surface area contributed by atoms with Gasteiger partial charge in [-0.1, -0.05) is 33.6 Å². The van der Waals surface area contributed by atoms with Crippen LogP contribution < -0.4 is 15.4 Å². The number of methoxy groups -OCH3 is 1. The van der Waals surface area contributed by atoms with Crippen LogP contribution in [0.1, 0.15) is 16.8 Å². The zero-order chi connectivity index (χ0) is 21.5. The molecule has 3 rings (SSSR count). The molecule has 158 valence electrons. The number of carbonyl (C=O) groups is 2. The molecule has 1 aliphatic heterocycles. The molecule has 10 heteroatoms. The summed E-state index contributed by atoms with van der Waals surface area (Å²) in [7, 11) is 1.49. The zero-order valence-electron chi connectivity index (χ0n) is 16.3. The Balaban J connectivity index is 1.56. The number of amides is 2. The molecular weight excluding hydrogens is 474 g/mol. The van der Waals surface area contributed by atoms with Gasteiger partial charge in [0, 0.05) is 41.8 Å². The van der Waals surface area contributed by atoms with Crippen molar-refractivity contribution < 1.29 is 14.3 Å². The molecule has 0 radical (unpaired) electrons. The van der Waals surface area contributed by atoms with Gasteiger partial charge < -0.3 is 20.3 Å². The predicted molar refractivity (Wildman–Crippen MR) is 120 cm³/mol. The quantitative estimate of drug-likeness (QED) is 0.453. The first-order valence-electron chi connectivity index (χ1n) is 9.26. The normalized spacial score (nSPS) is 16.0. The molecule has 2 N–H and O–H groups in total. The molecule has 0 spiro atoms. The van der Waals surface area contributed by atoms with E-state index < -0.39 is 0 Å². The maximum Gasteiger partial charge on any atom is 0.253 e. The third-order valence-electron chi connectivity index (χ3n) is 4.47. The largest absolute Gasteiger partial charge is 0.480 e. The lowest BCUT2D eigenvalue weighted by Gasteiger charge is -2.17. The number of allylic oxidation sites excluding steroid dienone is 1. The van der Waals surface area contributed by atoms with E-state index in [4.69, 9.17) is 16.3 Å². The molecule has 1 unspecified atom stereocenters. The van der Waals surface area contributed by atoms with Crippen molar-refractivity contribution in [2.45, 2.75) is 12.5 Å². The minimum Gasteiger partial charge on any atom is -0.480 e. The summed E-state index contributed by atoms with van der Waals surface area (Å²) in [6.45, 7) is 1.15. The fraction of sp³-hybridized carbons (Fsp3) is 0.300. The van der Waals surface area contributed by atoms with Crippen LogP contribution in [-0.4, -0.2) is 58.3 Å². The zero-order valence-corrected chi connectivity index (χ0v) is 18.6. The maximum absolute atomic E-state index is 12.8. The minimum atomic E-state index is -0.219. The lowest BCUT2D eigenvalue weighted by atomic mass is 10.2. The Morgan fingerprint density at radius 3 is 2.83 bits per heavy atom. The molecule has 2 amide bonds. The van der Waals surface area contributed by atoms with Crippen molar-refractivity contribution in [3.8, 4) is 5.88 Å². The van der Waals surface area contributed by atoms with Gasteiger partial charge in [0.2, 0.25) is 17.7 Å². The topological polar surface area (TPSA) is 96.5 Å². The van der Waals surface area contributed by atoms with Gasteiger partial charge in [0.25, 0.3) is 5.91 Å². The number of nitrogens with one attached hydrogen (secondary N) is 2. The summed E-state index contributed by atoms with van der Waals surface area (Å²) in [5.41, 5.74) is 1.19. The van der Waals surface area contributed by atoms with Crippen LogP contribution in [0.4, 0.5) is 11.6 Å². The van der Waals surface area contributed by atoms with Crippen molar-refractivity contribution in [3.05, 3.63) is 53.2 Å². The molecular formula is C20H21BrClN5O3. The molecule has 1 aromatic carbocycles. The lowest BCUT2D eigenvalue weighted by molar-refractivity contribution is -0.111. The van der Waals surface area contributed by atoms with Gasteiger partial charge in [-0.25, -0.2) is 4.98 Å². The van der Waals surface area contributed by atoms with Gasteiger partial charge in [-0.3, -0.25) is 9.59 Å². The summed E-state index contributed by atoms with van der Waals surface area (Å²) in [4.78, 5) is 34.6. The predicted octanol–water partition coefficient (Wildman–Crippen LogP) is 3.35. The highest BCUT2D eigenvalue weighted by molar-refractivity contribution is 9.09. The van der Waals surface area contributed by atoms with Crippen molar-refractivity contribution in [1.82, 2.24) is 14.9 Å². The molecule has 0 saturated carbocycles. The van der Waals surface area contributed by atoms with Gasteiger partial charge in [-0.2, -0.15) is 4.98 Å². The summed E-state index contributed by atoms with van der Waals surface area (Å²) >= 11 is 9.17. The van der Waals surface area contributed by atoms with E-state index in [2.05, 4.69) is 36.5 Å². The molecule has 30 heavy (non-hydrogen) atoms. The van der Waals surface area contributed by atoms with Gasteiger partial charge >= 0.3 is 0 Å². The number of likely N-dealkylation sites (tertiary alicyclic amines) is 1. The minimum absolute atomic E-state index is 0.0274. The van der Waals surface area contributed by atoms with E-state index in [9.17, 15) is 9.59 Å². The van der Waals surface area contributed by atoms with E-state index in [1.807, 2.05) is 0 Å². The Bertz CT molecular complexity index is 939. The van der Waals surface area contributed by atoms with Crippen LogP contribution in [0.5, 0.6) is 5.88 Å². The Hall–Kier alpha value is -2.65. The highest BCUT2D eigenvalue weighted by Gasteiger charge is 2.27. The number of anilines is 2. The average Bonchev–Trinajstić information content (AvgIpc) is 3.22. The summed E-state index contributed by atoms with van der Waals surface area (Å²) in [5, 5.41) is 6.91. The molecule has 2 heterocycles. The molecule has 1 aromatic heterocycles. The number of alkyl halides is 1. The molecule has 0 bridgehead atoms. The summed E-state index contributed by atoms with van der Waals surface area (Å²) in [6, 6.07) is 6.87.